The second-order valence-corrected chi connectivity index (χ2v) is 7.63. The Morgan fingerprint density at radius 3 is 2.95 bits per heavy atom. The van der Waals surface area contributed by atoms with Gasteiger partial charge in [0.2, 0.25) is 0 Å². The van der Waals surface area contributed by atoms with Gasteiger partial charge in [0.05, 0.1) is 0 Å². The highest BCUT2D eigenvalue weighted by molar-refractivity contribution is 14.1. The van der Waals surface area contributed by atoms with Crippen LogP contribution in [0, 0.1) is 0 Å². The van der Waals surface area contributed by atoms with Gasteiger partial charge in [-0.25, -0.2) is 0 Å². The lowest BCUT2D eigenvalue weighted by atomic mass is 10.1. The molecule has 1 aliphatic rings. The molecule has 0 radical (unpaired) electrons. The summed E-state index contributed by atoms with van der Waals surface area (Å²) in [6.45, 7) is 1.85. The Hall–Kier alpha value is -0.300. The monoisotopic (exact) mass is 405 g/mol. The average molecular weight is 406 g/mol. The van der Waals surface area contributed by atoms with E-state index in [4.69, 9.17) is 11.6 Å². The molecule has 1 aliphatic heterocycles. The van der Waals surface area contributed by atoms with E-state index in [9.17, 15) is 3.07 Å². The number of halogens is 2. The van der Waals surface area contributed by atoms with E-state index in [1.165, 1.54) is 10.4 Å². The molecule has 0 amide bonds. The van der Waals surface area contributed by atoms with Crippen molar-refractivity contribution in [2.45, 2.75) is 17.0 Å². The second kappa shape index (κ2) is 5.99. The molecule has 19 heavy (non-hydrogen) atoms. The minimum atomic E-state index is -1.16. The molecule has 0 spiro atoms. The van der Waals surface area contributed by atoms with E-state index < -0.39 is 21.2 Å². The SMILES string of the molecule is O=IC(c1ccccc1Cl)N1CCc2sccc2C1. The van der Waals surface area contributed by atoms with E-state index in [1.54, 1.807) is 0 Å². The largest absolute Gasteiger partial charge is 0.281 e. The highest BCUT2D eigenvalue weighted by Gasteiger charge is 2.27. The van der Waals surface area contributed by atoms with Crippen molar-refractivity contribution in [2.24, 2.45) is 0 Å². The van der Waals surface area contributed by atoms with Gasteiger partial charge in [-0.05, 0) is 29.5 Å². The number of nitrogens with zero attached hydrogens (tertiary/aromatic N) is 1. The maximum atomic E-state index is 11.7. The molecule has 2 nitrogen and oxygen atoms in total. The van der Waals surface area contributed by atoms with Crippen LogP contribution in [0.4, 0.5) is 0 Å². The van der Waals surface area contributed by atoms with E-state index in [0.29, 0.717) is 0 Å². The molecule has 0 fully saturated rings. The van der Waals surface area contributed by atoms with Gasteiger partial charge in [-0.2, -0.15) is 0 Å². The Labute approximate surface area is 132 Å². The molecule has 1 atom stereocenters. The molecule has 2 aromatic rings. The fourth-order valence-electron chi connectivity index (χ4n) is 2.43. The smallest absolute Gasteiger partial charge is 0.168 e. The van der Waals surface area contributed by atoms with Crippen molar-refractivity contribution in [3.05, 3.63) is 56.7 Å². The first-order chi connectivity index (χ1) is 9.29. The molecule has 1 aromatic carbocycles. The summed E-state index contributed by atoms with van der Waals surface area (Å²) in [5, 5.41) is 2.87. The molecular formula is C14H13ClINOS. The van der Waals surface area contributed by atoms with Gasteiger partial charge >= 0.3 is 0 Å². The van der Waals surface area contributed by atoms with Crippen molar-refractivity contribution in [3.8, 4) is 0 Å². The van der Waals surface area contributed by atoms with Crippen LogP contribution in [0.5, 0.6) is 0 Å². The zero-order valence-electron chi connectivity index (χ0n) is 10.2. The first-order valence-electron chi connectivity index (χ1n) is 6.09. The highest BCUT2D eigenvalue weighted by atomic mass is 127. The van der Waals surface area contributed by atoms with Crippen LogP contribution >= 0.6 is 44.1 Å². The highest BCUT2D eigenvalue weighted by Crippen LogP contribution is 2.39. The fraction of sp³-hybridized carbons (Fsp3) is 0.286. The van der Waals surface area contributed by atoms with Crippen LogP contribution in [-0.2, 0) is 16.0 Å². The second-order valence-electron chi connectivity index (χ2n) is 4.54. The van der Waals surface area contributed by atoms with Gasteiger partial charge in [0, 0.05) is 28.6 Å². The van der Waals surface area contributed by atoms with Crippen LogP contribution in [0.15, 0.2) is 35.7 Å². The average Bonchev–Trinajstić information content (AvgIpc) is 2.89. The molecule has 0 N–H and O–H groups in total. The number of benzene rings is 1. The van der Waals surface area contributed by atoms with Gasteiger partial charge in [-0.3, -0.25) is 7.97 Å². The summed E-state index contributed by atoms with van der Waals surface area (Å²) < 4.78 is 11.7. The molecular weight excluding hydrogens is 393 g/mol. The van der Waals surface area contributed by atoms with Crippen molar-refractivity contribution in [3.63, 3.8) is 0 Å². The molecule has 2 heterocycles. The lowest BCUT2D eigenvalue weighted by Crippen LogP contribution is -2.31. The predicted molar refractivity (Wildman–Crippen MR) is 87.3 cm³/mol. The molecule has 5 heteroatoms. The Morgan fingerprint density at radius 2 is 2.16 bits per heavy atom. The minimum Gasteiger partial charge on any atom is -0.281 e. The van der Waals surface area contributed by atoms with Crippen molar-refractivity contribution in [1.82, 2.24) is 4.90 Å². The van der Waals surface area contributed by atoms with E-state index in [2.05, 4.69) is 16.3 Å². The summed E-state index contributed by atoms with van der Waals surface area (Å²) >= 11 is 6.91. The van der Waals surface area contributed by atoms with Gasteiger partial charge in [0.1, 0.15) is 4.05 Å². The Bertz CT molecular complexity index is 601. The van der Waals surface area contributed by atoms with Crippen molar-refractivity contribution in [2.75, 3.05) is 6.54 Å². The first kappa shape index (κ1) is 13.7. The number of alkyl halides is 1. The molecule has 100 valence electrons. The van der Waals surface area contributed by atoms with Crippen LogP contribution in [0.3, 0.4) is 0 Å². The Morgan fingerprint density at radius 1 is 1.32 bits per heavy atom. The topological polar surface area (TPSA) is 20.3 Å². The quantitative estimate of drug-likeness (QED) is 0.416. The Kier molecular flexibility index (Phi) is 4.31. The van der Waals surface area contributed by atoms with Crippen LogP contribution in [0.2, 0.25) is 5.02 Å². The maximum Gasteiger partial charge on any atom is 0.168 e. The van der Waals surface area contributed by atoms with Gasteiger partial charge in [0.15, 0.2) is 21.2 Å². The molecule has 0 bridgehead atoms. The molecule has 0 saturated carbocycles. The van der Waals surface area contributed by atoms with Crippen LogP contribution in [0.25, 0.3) is 0 Å². The van der Waals surface area contributed by atoms with Crippen LogP contribution in [-0.4, -0.2) is 11.4 Å². The molecule has 0 aliphatic carbocycles. The minimum absolute atomic E-state index is 0.0134. The van der Waals surface area contributed by atoms with E-state index in [0.717, 1.165) is 30.1 Å². The zero-order chi connectivity index (χ0) is 13.2. The summed E-state index contributed by atoms with van der Waals surface area (Å²) in [4.78, 5) is 3.77. The number of hydrogen-bond donors (Lipinski definition) is 0. The summed E-state index contributed by atoms with van der Waals surface area (Å²) in [5.41, 5.74) is 2.39. The third kappa shape index (κ3) is 2.77. The van der Waals surface area contributed by atoms with E-state index in [1.807, 2.05) is 35.6 Å². The summed E-state index contributed by atoms with van der Waals surface area (Å²) in [5.74, 6) is 0. The Balaban J connectivity index is 1.89. The van der Waals surface area contributed by atoms with Crippen molar-refractivity contribution >= 4 is 44.1 Å². The molecule has 0 saturated heterocycles. The number of thiophene rings is 1. The summed E-state index contributed by atoms with van der Waals surface area (Å²) in [7, 11) is 0. The van der Waals surface area contributed by atoms with Crippen LogP contribution in [0.1, 0.15) is 20.1 Å². The molecule has 3 rings (SSSR count). The number of fused-ring (bicyclic) bond motifs is 1. The first-order valence-corrected chi connectivity index (χ1v) is 9.47. The van der Waals surface area contributed by atoms with E-state index >= 15 is 0 Å². The molecule has 1 aromatic heterocycles. The van der Waals surface area contributed by atoms with Crippen LogP contribution < -0.4 is 0 Å². The summed E-state index contributed by atoms with van der Waals surface area (Å²) in [6, 6.07) is 9.93. The number of hydrogen-bond acceptors (Lipinski definition) is 3. The van der Waals surface area contributed by atoms with Crippen molar-refractivity contribution < 1.29 is 3.07 Å². The maximum absolute atomic E-state index is 11.7. The van der Waals surface area contributed by atoms with Crippen molar-refractivity contribution in [1.29, 1.82) is 0 Å². The predicted octanol–water partition coefficient (Wildman–Crippen LogP) is 4.77. The zero-order valence-corrected chi connectivity index (χ0v) is 13.9. The standard InChI is InChI=1S/C14H13ClINOS/c15-12-4-2-1-3-11(12)14(16-18)17-7-5-13-10(9-17)6-8-19-13/h1-4,6,8,14H,5,7,9H2. The lowest BCUT2D eigenvalue weighted by Gasteiger charge is -2.31. The van der Waals surface area contributed by atoms with Gasteiger partial charge in [-0.15, -0.1) is 11.3 Å². The lowest BCUT2D eigenvalue weighted by molar-refractivity contribution is 0.249. The van der Waals surface area contributed by atoms with E-state index in [-0.39, 0.29) is 4.05 Å². The normalized spacial score (nSPS) is 17.1. The molecule has 1 unspecified atom stereocenters. The van der Waals surface area contributed by atoms with Gasteiger partial charge in [-0.1, -0.05) is 29.8 Å². The third-order valence-corrected chi connectivity index (χ3v) is 6.71. The third-order valence-electron chi connectivity index (χ3n) is 3.40. The number of rotatable bonds is 3. The fourth-order valence-corrected chi connectivity index (χ4v) is 5.36. The summed E-state index contributed by atoms with van der Waals surface area (Å²) in [6.07, 6.45) is 1.05. The van der Waals surface area contributed by atoms with Gasteiger partial charge < -0.3 is 0 Å². The van der Waals surface area contributed by atoms with Gasteiger partial charge in [0.25, 0.3) is 0 Å².